The summed E-state index contributed by atoms with van der Waals surface area (Å²) in [6.45, 7) is 4.80. The number of aromatic nitrogens is 1. The van der Waals surface area contributed by atoms with E-state index in [4.69, 9.17) is 5.73 Å². The summed E-state index contributed by atoms with van der Waals surface area (Å²) in [5.74, 6) is 1.71. The minimum absolute atomic E-state index is 0.0334. The molecule has 4 rings (SSSR count). The molecule has 1 aromatic heterocycles. The molecule has 3 saturated heterocycles. The molecular weight excluding hydrogens is 342 g/mol. The van der Waals surface area contributed by atoms with Crippen LogP contribution < -0.4 is 11.1 Å². The number of likely N-dealkylation sites (tertiary alicyclic amines) is 1. The molecule has 146 valence electrons. The third-order valence-corrected chi connectivity index (χ3v) is 6.45. The van der Waals surface area contributed by atoms with Crippen LogP contribution in [0.15, 0.2) is 18.3 Å². The van der Waals surface area contributed by atoms with Gasteiger partial charge in [-0.3, -0.25) is 14.5 Å². The number of hydrogen-bond acceptors (Lipinski definition) is 5. The lowest BCUT2D eigenvalue weighted by molar-refractivity contribution is -0.153. The molecule has 0 saturated carbocycles. The second-order valence-corrected chi connectivity index (χ2v) is 8.26. The Bertz CT molecular complexity index is 724. The Balaban J connectivity index is 1.55. The molecule has 4 atom stereocenters. The highest BCUT2D eigenvalue weighted by Crippen LogP contribution is 2.41. The molecule has 0 unspecified atom stereocenters. The lowest BCUT2D eigenvalue weighted by Gasteiger charge is -2.56. The van der Waals surface area contributed by atoms with Gasteiger partial charge >= 0.3 is 0 Å². The largest absolute Gasteiger partial charge is 0.383 e. The highest BCUT2D eigenvalue weighted by Gasteiger charge is 2.49. The highest BCUT2D eigenvalue weighted by molar-refractivity contribution is 5.78. The lowest BCUT2D eigenvalue weighted by atomic mass is 9.72. The zero-order valence-electron chi connectivity index (χ0n) is 15.9. The minimum Gasteiger partial charge on any atom is -0.383 e. The molecule has 3 aliphatic rings. The molecular formula is C20H29N5O2. The number of piperidine rings is 3. The van der Waals surface area contributed by atoms with Gasteiger partial charge in [0, 0.05) is 57.3 Å². The Kier molecular flexibility index (Phi) is 5.04. The molecule has 2 amide bonds. The monoisotopic (exact) mass is 371 g/mol. The van der Waals surface area contributed by atoms with E-state index in [2.05, 4.69) is 20.1 Å². The first-order valence-electron chi connectivity index (χ1n) is 10.00. The number of amides is 2. The molecule has 4 heterocycles. The standard InChI is InChI=1S/C20H29N5O2/c1-13(26)23-9-18-16-8-15(17-5-2-6-19(27)25(17)18)11-24(12-16)10-14-4-3-7-22-20(14)21/h3-4,7,15-18H,2,5-6,8-12H2,1H3,(H2,21,22)(H,23,26)/t15-,16+,17+,18+/m1/s1. The van der Waals surface area contributed by atoms with Crippen molar-refractivity contribution in [3.63, 3.8) is 0 Å². The molecule has 7 heteroatoms. The van der Waals surface area contributed by atoms with Crippen molar-refractivity contribution < 1.29 is 9.59 Å². The van der Waals surface area contributed by atoms with E-state index in [-0.39, 0.29) is 17.9 Å². The van der Waals surface area contributed by atoms with E-state index >= 15 is 0 Å². The van der Waals surface area contributed by atoms with Crippen LogP contribution in [-0.4, -0.2) is 58.3 Å². The zero-order chi connectivity index (χ0) is 19.0. The van der Waals surface area contributed by atoms with E-state index in [1.165, 1.54) is 0 Å². The van der Waals surface area contributed by atoms with Crippen LogP contribution in [0, 0.1) is 11.8 Å². The predicted molar refractivity (Wildman–Crippen MR) is 102 cm³/mol. The maximum Gasteiger partial charge on any atom is 0.223 e. The van der Waals surface area contributed by atoms with Crippen molar-refractivity contribution in [2.75, 3.05) is 25.4 Å². The second kappa shape index (κ2) is 7.46. The van der Waals surface area contributed by atoms with Gasteiger partial charge in [0.05, 0.1) is 6.04 Å². The summed E-state index contributed by atoms with van der Waals surface area (Å²) >= 11 is 0. The smallest absolute Gasteiger partial charge is 0.223 e. The van der Waals surface area contributed by atoms with Gasteiger partial charge in [0.15, 0.2) is 0 Å². The third kappa shape index (κ3) is 3.65. The van der Waals surface area contributed by atoms with Crippen molar-refractivity contribution in [3.05, 3.63) is 23.9 Å². The van der Waals surface area contributed by atoms with Crippen molar-refractivity contribution in [3.8, 4) is 0 Å². The summed E-state index contributed by atoms with van der Waals surface area (Å²) < 4.78 is 0. The second-order valence-electron chi connectivity index (χ2n) is 8.26. The number of nitrogen functional groups attached to an aromatic ring is 1. The van der Waals surface area contributed by atoms with Crippen molar-refractivity contribution >= 4 is 17.6 Å². The van der Waals surface area contributed by atoms with Gasteiger partial charge in [0.1, 0.15) is 5.82 Å². The highest BCUT2D eigenvalue weighted by atomic mass is 16.2. The zero-order valence-corrected chi connectivity index (χ0v) is 15.9. The average Bonchev–Trinajstić information content (AvgIpc) is 2.64. The van der Waals surface area contributed by atoms with Gasteiger partial charge in [0.2, 0.25) is 11.8 Å². The van der Waals surface area contributed by atoms with Gasteiger partial charge in [-0.15, -0.1) is 0 Å². The van der Waals surface area contributed by atoms with Gasteiger partial charge in [-0.1, -0.05) is 6.07 Å². The van der Waals surface area contributed by atoms with Gasteiger partial charge in [-0.25, -0.2) is 4.98 Å². The summed E-state index contributed by atoms with van der Waals surface area (Å²) in [6.07, 6.45) is 5.55. The lowest BCUT2D eigenvalue weighted by Crippen LogP contribution is -2.66. The first kappa shape index (κ1) is 18.2. The van der Waals surface area contributed by atoms with Gasteiger partial charge < -0.3 is 16.0 Å². The number of nitrogens with one attached hydrogen (secondary N) is 1. The normalized spacial score (nSPS) is 30.7. The van der Waals surface area contributed by atoms with Crippen LogP contribution in [0.5, 0.6) is 0 Å². The van der Waals surface area contributed by atoms with Crippen LogP contribution >= 0.6 is 0 Å². The molecule has 3 N–H and O–H groups in total. The minimum atomic E-state index is -0.0334. The SMILES string of the molecule is CC(=O)NC[C@H]1[C@H]2C[C@H](CN(Cc3cccnc3N)C2)[C@@H]2CCCC(=O)N21. The molecule has 27 heavy (non-hydrogen) atoms. The number of pyridine rings is 1. The Hall–Kier alpha value is -2.15. The van der Waals surface area contributed by atoms with Crippen LogP contribution in [0.1, 0.15) is 38.2 Å². The molecule has 7 nitrogen and oxygen atoms in total. The first-order valence-corrected chi connectivity index (χ1v) is 10.00. The van der Waals surface area contributed by atoms with E-state index in [0.717, 1.165) is 44.5 Å². The fraction of sp³-hybridized carbons (Fsp3) is 0.650. The number of anilines is 1. The van der Waals surface area contributed by atoms with Gasteiger partial charge in [-0.2, -0.15) is 0 Å². The molecule has 0 spiro atoms. The Labute approximate surface area is 160 Å². The number of fused-ring (bicyclic) bond motifs is 4. The summed E-state index contributed by atoms with van der Waals surface area (Å²) in [4.78, 5) is 33.0. The quantitative estimate of drug-likeness (QED) is 0.824. The van der Waals surface area contributed by atoms with E-state index in [9.17, 15) is 9.59 Å². The number of hydrogen-bond donors (Lipinski definition) is 2. The molecule has 0 aromatic carbocycles. The fourth-order valence-corrected chi connectivity index (χ4v) is 5.34. The van der Waals surface area contributed by atoms with Crippen molar-refractivity contribution in [2.24, 2.45) is 11.8 Å². The van der Waals surface area contributed by atoms with E-state index < -0.39 is 0 Å². The summed E-state index contributed by atoms with van der Waals surface area (Å²) in [5, 5.41) is 2.96. The topological polar surface area (TPSA) is 91.6 Å². The number of nitrogens with zero attached hydrogens (tertiary/aromatic N) is 3. The van der Waals surface area contributed by atoms with Crippen molar-refractivity contribution in [2.45, 2.75) is 51.2 Å². The van der Waals surface area contributed by atoms with Crippen LogP contribution in [0.2, 0.25) is 0 Å². The Morgan fingerprint density at radius 2 is 2.19 bits per heavy atom. The van der Waals surface area contributed by atoms with Crippen molar-refractivity contribution in [1.29, 1.82) is 0 Å². The van der Waals surface area contributed by atoms with E-state index in [0.29, 0.717) is 36.7 Å². The van der Waals surface area contributed by atoms with Crippen LogP contribution in [0.3, 0.4) is 0 Å². The average molecular weight is 371 g/mol. The predicted octanol–water partition coefficient (Wildman–Crippen LogP) is 1.00. The molecule has 3 aliphatic heterocycles. The molecule has 1 aromatic rings. The summed E-state index contributed by atoms with van der Waals surface area (Å²) in [5.41, 5.74) is 7.11. The van der Waals surface area contributed by atoms with Crippen LogP contribution in [-0.2, 0) is 16.1 Å². The third-order valence-electron chi connectivity index (χ3n) is 6.45. The van der Waals surface area contributed by atoms with Crippen LogP contribution in [0.4, 0.5) is 5.82 Å². The maximum absolute atomic E-state index is 12.7. The van der Waals surface area contributed by atoms with Crippen molar-refractivity contribution in [1.82, 2.24) is 20.1 Å². The molecule has 2 bridgehead atoms. The molecule has 3 fully saturated rings. The number of carbonyl (C=O) groups excluding carboxylic acids is 2. The maximum atomic E-state index is 12.7. The Morgan fingerprint density at radius 3 is 2.96 bits per heavy atom. The van der Waals surface area contributed by atoms with Crippen LogP contribution in [0.25, 0.3) is 0 Å². The number of carbonyl (C=O) groups is 2. The molecule has 0 radical (unpaired) electrons. The van der Waals surface area contributed by atoms with Gasteiger partial charge in [0.25, 0.3) is 0 Å². The molecule has 0 aliphatic carbocycles. The number of rotatable bonds is 4. The van der Waals surface area contributed by atoms with Gasteiger partial charge in [-0.05, 0) is 37.2 Å². The Morgan fingerprint density at radius 1 is 1.37 bits per heavy atom. The van der Waals surface area contributed by atoms with E-state index in [1.807, 2.05) is 12.1 Å². The number of nitrogens with two attached hydrogens (primary N) is 1. The summed E-state index contributed by atoms with van der Waals surface area (Å²) in [6, 6.07) is 4.36. The summed E-state index contributed by atoms with van der Waals surface area (Å²) in [7, 11) is 0. The van der Waals surface area contributed by atoms with E-state index in [1.54, 1.807) is 13.1 Å². The first-order chi connectivity index (χ1) is 13.0. The fourth-order valence-electron chi connectivity index (χ4n) is 5.34.